The maximum absolute atomic E-state index is 5.94. The van der Waals surface area contributed by atoms with E-state index in [2.05, 4.69) is 99.5 Å². The van der Waals surface area contributed by atoms with Crippen LogP contribution in [0.5, 0.6) is 0 Å². The van der Waals surface area contributed by atoms with Gasteiger partial charge in [0.25, 0.3) is 0 Å². The number of aromatic nitrogens is 2. The smallest absolute Gasteiger partial charge is 0.174 e. The first-order valence-corrected chi connectivity index (χ1v) is 12.8. The minimum absolute atomic E-state index is 0.0714. The minimum Gasteiger partial charge on any atom is -0.378 e. The highest BCUT2D eigenvalue weighted by Crippen LogP contribution is 2.42. The van der Waals surface area contributed by atoms with Gasteiger partial charge in [-0.25, -0.2) is 0 Å². The summed E-state index contributed by atoms with van der Waals surface area (Å²) in [5.41, 5.74) is 6.75. The van der Waals surface area contributed by atoms with E-state index < -0.39 is 0 Å². The second-order valence-electron chi connectivity index (χ2n) is 9.25. The van der Waals surface area contributed by atoms with Crippen molar-refractivity contribution in [1.82, 2.24) is 14.9 Å². The van der Waals surface area contributed by atoms with Gasteiger partial charge in [0.15, 0.2) is 5.11 Å². The van der Waals surface area contributed by atoms with Crippen LogP contribution in [0.15, 0.2) is 91.3 Å². The Balaban J connectivity index is 1.41. The summed E-state index contributed by atoms with van der Waals surface area (Å²) in [5.74, 6) is 0. The van der Waals surface area contributed by atoms with Crippen LogP contribution in [-0.2, 0) is 4.74 Å². The standard InChI is InChI=1S/C29H29N5OS/c1-21-7-9-23(10-8-21)33-16-4-6-26(33)28-27(25-5-2-3-15-30-25)31-29(36)34(28)24-13-11-22(12-14-24)32-17-19-35-20-18-32/h2-16,27-28H,17-20H2,1H3,(H,31,36)/t27-,28+/m0/s1. The van der Waals surface area contributed by atoms with E-state index in [4.69, 9.17) is 21.9 Å². The van der Waals surface area contributed by atoms with Crippen LogP contribution >= 0.6 is 12.2 Å². The molecule has 2 fully saturated rings. The summed E-state index contributed by atoms with van der Waals surface area (Å²) in [5, 5.41) is 4.28. The predicted molar refractivity (Wildman–Crippen MR) is 148 cm³/mol. The third-order valence-electron chi connectivity index (χ3n) is 7.00. The van der Waals surface area contributed by atoms with Crippen molar-refractivity contribution < 1.29 is 4.74 Å². The third-order valence-corrected chi connectivity index (χ3v) is 7.31. The van der Waals surface area contributed by atoms with Crippen molar-refractivity contribution in [2.24, 2.45) is 0 Å². The van der Waals surface area contributed by atoms with Gasteiger partial charge in [-0.05, 0) is 79.8 Å². The Hall–Kier alpha value is -3.68. The number of pyridine rings is 1. The summed E-state index contributed by atoms with van der Waals surface area (Å²) in [6.45, 7) is 5.48. The number of morpholine rings is 1. The van der Waals surface area contributed by atoms with Gasteiger partial charge in [-0.1, -0.05) is 23.8 Å². The molecule has 7 heteroatoms. The molecule has 182 valence electrons. The van der Waals surface area contributed by atoms with Crippen LogP contribution in [0, 0.1) is 6.92 Å². The zero-order valence-corrected chi connectivity index (χ0v) is 21.1. The van der Waals surface area contributed by atoms with E-state index in [1.807, 2.05) is 18.3 Å². The van der Waals surface area contributed by atoms with Gasteiger partial charge in [0.05, 0.1) is 24.9 Å². The maximum Gasteiger partial charge on any atom is 0.174 e. The molecule has 0 saturated carbocycles. The number of benzene rings is 2. The van der Waals surface area contributed by atoms with E-state index in [1.54, 1.807) is 0 Å². The number of hydrogen-bond donors (Lipinski definition) is 1. The van der Waals surface area contributed by atoms with Crippen molar-refractivity contribution in [2.75, 3.05) is 36.1 Å². The number of nitrogens with zero attached hydrogens (tertiary/aromatic N) is 4. The SMILES string of the molecule is Cc1ccc(-n2cccc2[C@@H]2[C@H](c3ccccn3)NC(=S)N2c2ccc(N3CCOCC3)cc2)cc1. The molecule has 0 spiro atoms. The Morgan fingerprint density at radius 1 is 0.861 bits per heavy atom. The number of hydrogen-bond acceptors (Lipinski definition) is 4. The van der Waals surface area contributed by atoms with Gasteiger partial charge >= 0.3 is 0 Å². The third kappa shape index (κ3) is 4.25. The van der Waals surface area contributed by atoms with Crippen molar-refractivity contribution in [3.63, 3.8) is 0 Å². The molecule has 6 nitrogen and oxygen atoms in total. The highest BCUT2D eigenvalue weighted by Gasteiger charge is 2.42. The van der Waals surface area contributed by atoms with Gasteiger partial charge in [0.2, 0.25) is 0 Å². The van der Waals surface area contributed by atoms with E-state index in [0.29, 0.717) is 5.11 Å². The Labute approximate surface area is 217 Å². The van der Waals surface area contributed by atoms with Crippen LogP contribution in [0.2, 0.25) is 0 Å². The van der Waals surface area contributed by atoms with Gasteiger partial charge in [-0.3, -0.25) is 4.98 Å². The lowest BCUT2D eigenvalue weighted by Crippen LogP contribution is -2.36. The number of thiocarbonyl (C=S) groups is 1. The zero-order valence-electron chi connectivity index (χ0n) is 20.2. The van der Waals surface area contributed by atoms with Crippen LogP contribution in [0.3, 0.4) is 0 Å². The van der Waals surface area contributed by atoms with Crippen LogP contribution < -0.4 is 15.1 Å². The number of anilines is 2. The molecule has 2 atom stereocenters. The zero-order chi connectivity index (χ0) is 24.5. The Morgan fingerprint density at radius 2 is 1.58 bits per heavy atom. The van der Waals surface area contributed by atoms with Crippen LogP contribution in [-0.4, -0.2) is 41.0 Å². The first-order chi connectivity index (χ1) is 17.7. The number of rotatable bonds is 5. The molecule has 0 bridgehead atoms. The van der Waals surface area contributed by atoms with Crippen LogP contribution in [0.25, 0.3) is 5.69 Å². The molecule has 2 aromatic heterocycles. The van der Waals surface area contributed by atoms with Crippen molar-refractivity contribution >= 4 is 28.7 Å². The summed E-state index contributed by atoms with van der Waals surface area (Å²) in [6, 6.07) is 27.5. The largest absolute Gasteiger partial charge is 0.378 e. The molecule has 2 aliphatic heterocycles. The minimum atomic E-state index is -0.0864. The van der Waals surface area contributed by atoms with E-state index in [1.165, 1.54) is 11.3 Å². The predicted octanol–water partition coefficient (Wildman–Crippen LogP) is 5.19. The van der Waals surface area contributed by atoms with Crippen molar-refractivity contribution in [1.29, 1.82) is 0 Å². The molecule has 4 heterocycles. The van der Waals surface area contributed by atoms with E-state index in [9.17, 15) is 0 Å². The Bertz CT molecular complexity index is 1330. The lowest BCUT2D eigenvalue weighted by molar-refractivity contribution is 0.122. The van der Waals surface area contributed by atoms with Gasteiger partial charge in [0.1, 0.15) is 6.04 Å². The molecule has 0 unspecified atom stereocenters. The van der Waals surface area contributed by atoms with Crippen LogP contribution in [0.4, 0.5) is 11.4 Å². The maximum atomic E-state index is 5.94. The fraction of sp³-hybridized carbons (Fsp3) is 0.241. The van der Waals surface area contributed by atoms with Crippen molar-refractivity contribution in [3.05, 3.63) is 108 Å². The van der Waals surface area contributed by atoms with Crippen LogP contribution in [0.1, 0.15) is 29.0 Å². The first-order valence-electron chi connectivity index (χ1n) is 12.4. The molecular formula is C29H29N5OS. The highest BCUT2D eigenvalue weighted by atomic mass is 32.1. The Morgan fingerprint density at radius 3 is 2.31 bits per heavy atom. The van der Waals surface area contributed by atoms with Gasteiger partial charge < -0.3 is 24.4 Å². The lowest BCUT2D eigenvalue weighted by Gasteiger charge is -2.31. The summed E-state index contributed by atoms with van der Waals surface area (Å²) in [6.07, 6.45) is 3.96. The molecular weight excluding hydrogens is 466 g/mol. The summed E-state index contributed by atoms with van der Waals surface area (Å²) in [4.78, 5) is 9.30. The topological polar surface area (TPSA) is 45.6 Å². The lowest BCUT2D eigenvalue weighted by atomic mass is 10.0. The van der Waals surface area contributed by atoms with Gasteiger partial charge in [-0.15, -0.1) is 0 Å². The summed E-state index contributed by atoms with van der Waals surface area (Å²) >= 11 is 5.94. The molecule has 1 N–H and O–H groups in total. The first kappa shape index (κ1) is 22.8. The monoisotopic (exact) mass is 495 g/mol. The fourth-order valence-electron chi connectivity index (χ4n) is 5.15. The van der Waals surface area contributed by atoms with E-state index >= 15 is 0 Å². The highest BCUT2D eigenvalue weighted by molar-refractivity contribution is 7.80. The molecule has 0 amide bonds. The molecule has 4 aromatic rings. The van der Waals surface area contributed by atoms with Gasteiger partial charge in [-0.2, -0.15) is 0 Å². The van der Waals surface area contributed by atoms with Gasteiger partial charge in [0, 0.05) is 48.2 Å². The fourth-order valence-corrected chi connectivity index (χ4v) is 5.50. The average molecular weight is 496 g/mol. The van der Waals surface area contributed by atoms with E-state index in [-0.39, 0.29) is 12.1 Å². The molecule has 2 aliphatic rings. The molecule has 2 saturated heterocycles. The molecule has 6 rings (SSSR count). The number of ether oxygens (including phenoxy) is 1. The second kappa shape index (κ2) is 9.76. The quantitative estimate of drug-likeness (QED) is 0.384. The molecule has 0 aliphatic carbocycles. The summed E-state index contributed by atoms with van der Waals surface area (Å²) < 4.78 is 7.77. The summed E-state index contributed by atoms with van der Waals surface area (Å²) in [7, 11) is 0. The normalized spacial score (nSPS) is 20.0. The van der Waals surface area contributed by atoms with Crippen molar-refractivity contribution in [3.8, 4) is 5.69 Å². The second-order valence-corrected chi connectivity index (χ2v) is 9.64. The molecule has 0 radical (unpaired) electrons. The molecule has 36 heavy (non-hydrogen) atoms. The van der Waals surface area contributed by atoms with Crippen molar-refractivity contribution in [2.45, 2.75) is 19.0 Å². The molecule has 2 aromatic carbocycles. The average Bonchev–Trinajstić information content (AvgIpc) is 3.54. The van der Waals surface area contributed by atoms with E-state index in [0.717, 1.165) is 49.1 Å². The Kier molecular flexibility index (Phi) is 6.17. The number of nitrogens with one attached hydrogen (secondary N) is 1. The number of aryl methyl sites for hydroxylation is 1.